The summed E-state index contributed by atoms with van der Waals surface area (Å²) in [6.07, 6.45) is -1.47. The highest BCUT2D eigenvalue weighted by Gasteiger charge is 2.86. The second-order valence-electron chi connectivity index (χ2n) is 10.8. The lowest BCUT2D eigenvalue weighted by Gasteiger charge is -2.61. The van der Waals surface area contributed by atoms with Crippen LogP contribution < -0.4 is 0 Å². The van der Waals surface area contributed by atoms with Gasteiger partial charge in [-0.25, -0.2) is 0 Å². The Balaban J connectivity index is 1.73. The highest BCUT2D eigenvalue weighted by Crippen LogP contribution is 2.77. The quantitative estimate of drug-likeness (QED) is 0.417. The van der Waals surface area contributed by atoms with Gasteiger partial charge in [0.05, 0.1) is 35.6 Å². The number of aliphatic hydroxyl groups excluding tert-OH is 4. The van der Waals surface area contributed by atoms with Crippen LogP contribution in [0.4, 0.5) is 0 Å². The second kappa shape index (κ2) is 4.50. The molecule has 0 aromatic rings. The first-order chi connectivity index (χ1) is 11.9. The van der Waals surface area contributed by atoms with Crippen molar-refractivity contribution < 1.29 is 30.3 Å². The predicted molar refractivity (Wildman–Crippen MR) is 92.0 cm³/mol. The van der Waals surface area contributed by atoms with Crippen molar-refractivity contribution in [2.75, 3.05) is 0 Å². The van der Waals surface area contributed by atoms with Gasteiger partial charge in [0.15, 0.2) is 0 Å². The Morgan fingerprint density at radius 1 is 1.00 bits per heavy atom. The minimum absolute atomic E-state index is 0.129. The SMILES string of the molecule is CC1C2C(O)C(O)C(C)(C)C23OC12CCC1C(O)C2(CC3O)CC1(C)O. The number of rotatable bonds is 0. The molecule has 3 saturated carbocycles. The molecule has 0 aromatic heterocycles. The molecule has 5 N–H and O–H groups in total. The molecule has 26 heavy (non-hydrogen) atoms. The van der Waals surface area contributed by atoms with E-state index >= 15 is 0 Å². The van der Waals surface area contributed by atoms with Crippen LogP contribution in [0, 0.1) is 28.6 Å². The maximum atomic E-state index is 11.3. The average molecular weight is 368 g/mol. The molecule has 5 rings (SSSR count). The topological polar surface area (TPSA) is 110 Å². The lowest BCUT2D eigenvalue weighted by atomic mass is 9.55. The molecule has 2 aliphatic heterocycles. The van der Waals surface area contributed by atoms with Crippen LogP contribution in [0.25, 0.3) is 0 Å². The Bertz CT molecular complexity index is 663. The summed E-state index contributed by atoms with van der Waals surface area (Å²) in [7, 11) is 0. The van der Waals surface area contributed by atoms with Gasteiger partial charge in [0.1, 0.15) is 5.60 Å². The molecule has 4 bridgehead atoms. The van der Waals surface area contributed by atoms with E-state index < -0.39 is 58.0 Å². The highest BCUT2D eigenvalue weighted by atomic mass is 16.6. The molecule has 2 heterocycles. The standard InChI is InChI=1S/C20H32O6/c1-9-12-13(22)15(24)16(2,3)20(12)11(21)7-18-8-17(4,25)10(14(18)23)5-6-19(9,18)26-20/h9-15,21-25H,5-8H2,1-4H3. The van der Waals surface area contributed by atoms with E-state index in [9.17, 15) is 25.5 Å². The van der Waals surface area contributed by atoms with Crippen LogP contribution in [0.3, 0.4) is 0 Å². The lowest BCUT2D eigenvalue weighted by molar-refractivity contribution is -0.316. The molecule has 0 aromatic carbocycles. The monoisotopic (exact) mass is 368 g/mol. The first kappa shape index (κ1) is 17.8. The van der Waals surface area contributed by atoms with Crippen LogP contribution >= 0.6 is 0 Å². The Hall–Kier alpha value is -0.240. The summed E-state index contributed by atoms with van der Waals surface area (Å²) >= 11 is 0. The van der Waals surface area contributed by atoms with Gasteiger partial charge < -0.3 is 30.3 Å². The molecule has 0 radical (unpaired) electrons. The number of aliphatic hydroxyl groups is 5. The van der Waals surface area contributed by atoms with Crippen LogP contribution in [0.5, 0.6) is 0 Å². The molecule has 148 valence electrons. The fourth-order valence-corrected chi connectivity index (χ4v) is 8.59. The van der Waals surface area contributed by atoms with Crippen LogP contribution in [0.2, 0.25) is 0 Å². The van der Waals surface area contributed by atoms with E-state index in [0.29, 0.717) is 25.7 Å². The Morgan fingerprint density at radius 3 is 2.31 bits per heavy atom. The fraction of sp³-hybridized carbons (Fsp3) is 1.00. The third-order valence-corrected chi connectivity index (χ3v) is 9.70. The van der Waals surface area contributed by atoms with Crippen molar-refractivity contribution in [1.29, 1.82) is 0 Å². The number of hydrogen-bond donors (Lipinski definition) is 5. The molecule has 3 spiro atoms. The molecule has 5 aliphatic rings. The lowest BCUT2D eigenvalue weighted by Crippen LogP contribution is -2.69. The molecule has 6 heteroatoms. The summed E-state index contributed by atoms with van der Waals surface area (Å²) in [6.45, 7) is 7.54. The van der Waals surface area contributed by atoms with Gasteiger partial charge in [0.2, 0.25) is 0 Å². The van der Waals surface area contributed by atoms with Gasteiger partial charge in [0, 0.05) is 22.7 Å². The van der Waals surface area contributed by atoms with Gasteiger partial charge in [-0.2, -0.15) is 0 Å². The average Bonchev–Trinajstić information content (AvgIpc) is 2.91. The van der Waals surface area contributed by atoms with Crippen molar-refractivity contribution in [3.05, 3.63) is 0 Å². The van der Waals surface area contributed by atoms with Gasteiger partial charge in [-0.3, -0.25) is 0 Å². The summed E-state index contributed by atoms with van der Waals surface area (Å²) < 4.78 is 6.82. The zero-order chi connectivity index (χ0) is 19.1. The van der Waals surface area contributed by atoms with Crippen LogP contribution in [-0.2, 0) is 4.74 Å². The van der Waals surface area contributed by atoms with E-state index in [1.54, 1.807) is 6.92 Å². The summed E-state index contributed by atoms with van der Waals surface area (Å²) in [5, 5.41) is 55.2. The summed E-state index contributed by atoms with van der Waals surface area (Å²) in [4.78, 5) is 0. The largest absolute Gasteiger partial charge is 0.392 e. The van der Waals surface area contributed by atoms with E-state index in [-0.39, 0.29) is 11.8 Å². The molecule has 6 nitrogen and oxygen atoms in total. The van der Waals surface area contributed by atoms with Gasteiger partial charge in [-0.15, -0.1) is 0 Å². The maximum Gasteiger partial charge on any atom is 0.108 e. The van der Waals surface area contributed by atoms with Gasteiger partial charge in [-0.05, 0) is 38.5 Å². The minimum atomic E-state index is -1.03. The number of fused-ring (bicyclic) bond motifs is 1. The number of ether oxygens (including phenoxy) is 1. The maximum absolute atomic E-state index is 11.3. The molecule has 5 fully saturated rings. The van der Waals surface area contributed by atoms with E-state index in [0.717, 1.165) is 0 Å². The second-order valence-corrected chi connectivity index (χ2v) is 10.8. The Kier molecular flexibility index (Phi) is 3.08. The fourth-order valence-electron chi connectivity index (χ4n) is 8.59. The van der Waals surface area contributed by atoms with E-state index in [2.05, 4.69) is 0 Å². The molecule has 3 aliphatic carbocycles. The summed E-state index contributed by atoms with van der Waals surface area (Å²) in [5.41, 5.74) is -4.22. The molecule has 2 saturated heterocycles. The van der Waals surface area contributed by atoms with Gasteiger partial charge >= 0.3 is 0 Å². The first-order valence-corrected chi connectivity index (χ1v) is 10.0. The molecular formula is C20H32O6. The molecular weight excluding hydrogens is 336 g/mol. The molecule has 11 unspecified atom stereocenters. The van der Waals surface area contributed by atoms with Crippen molar-refractivity contribution in [2.45, 2.75) is 94.6 Å². The van der Waals surface area contributed by atoms with E-state index in [1.807, 2.05) is 20.8 Å². The Morgan fingerprint density at radius 2 is 1.65 bits per heavy atom. The van der Waals surface area contributed by atoms with Crippen LogP contribution in [0.15, 0.2) is 0 Å². The summed E-state index contributed by atoms with van der Waals surface area (Å²) in [6, 6.07) is 0. The third kappa shape index (κ3) is 1.43. The van der Waals surface area contributed by atoms with E-state index in [4.69, 9.17) is 4.74 Å². The summed E-state index contributed by atoms with van der Waals surface area (Å²) in [5.74, 6) is -0.735. The Labute approximate surface area is 154 Å². The first-order valence-electron chi connectivity index (χ1n) is 10.0. The number of hydrogen-bond acceptors (Lipinski definition) is 6. The zero-order valence-corrected chi connectivity index (χ0v) is 16.0. The zero-order valence-electron chi connectivity index (χ0n) is 16.0. The normalized spacial score (nSPS) is 68.0. The van der Waals surface area contributed by atoms with Gasteiger partial charge in [0.25, 0.3) is 0 Å². The van der Waals surface area contributed by atoms with Gasteiger partial charge in [-0.1, -0.05) is 20.8 Å². The van der Waals surface area contributed by atoms with Crippen LogP contribution in [0.1, 0.15) is 53.4 Å². The van der Waals surface area contributed by atoms with Crippen molar-refractivity contribution in [2.24, 2.45) is 28.6 Å². The predicted octanol–water partition coefficient (Wildman–Crippen LogP) is 0.185. The van der Waals surface area contributed by atoms with Crippen molar-refractivity contribution >= 4 is 0 Å². The van der Waals surface area contributed by atoms with Crippen molar-refractivity contribution in [3.8, 4) is 0 Å². The van der Waals surface area contributed by atoms with Crippen molar-refractivity contribution in [3.63, 3.8) is 0 Å². The highest BCUT2D eigenvalue weighted by molar-refractivity contribution is 5.34. The van der Waals surface area contributed by atoms with Crippen LogP contribution in [-0.4, -0.2) is 66.8 Å². The van der Waals surface area contributed by atoms with E-state index in [1.165, 1.54) is 0 Å². The molecule has 0 amide bonds. The van der Waals surface area contributed by atoms with Crippen molar-refractivity contribution in [1.82, 2.24) is 0 Å². The molecule has 11 atom stereocenters. The minimum Gasteiger partial charge on any atom is -0.392 e. The third-order valence-electron chi connectivity index (χ3n) is 9.70. The smallest absolute Gasteiger partial charge is 0.108 e.